The zero-order chi connectivity index (χ0) is 13.5. The van der Waals surface area contributed by atoms with Crippen molar-refractivity contribution in [1.29, 1.82) is 0 Å². The summed E-state index contributed by atoms with van der Waals surface area (Å²) in [5.74, 6) is -0.431. The highest BCUT2D eigenvalue weighted by molar-refractivity contribution is 5.82. The Bertz CT molecular complexity index is 513. The second-order valence-electron chi connectivity index (χ2n) is 4.21. The zero-order valence-corrected chi connectivity index (χ0v) is 10.5. The summed E-state index contributed by atoms with van der Waals surface area (Å²) >= 11 is 0. The molecule has 2 aromatic carbocycles. The molecule has 0 aliphatic heterocycles. The van der Waals surface area contributed by atoms with Gasteiger partial charge in [0.15, 0.2) is 6.17 Å². The number of hydrogen-bond acceptors (Lipinski definition) is 3. The van der Waals surface area contributed by atoms with E-state index < -0.39 is 12.1 Å². The van der Waals surface area contributed by atoms with Gasteiger partial charge >= 0.3 is 0 Å². The SMILES string of the molecule is NC(=O)C(NCc1ccccc1)Nc1ccccc1. The molecule has 1 atom stereocenters. The Hall–Kier alpha value is -2.33. The van der Waals surface area contributed by atoms with Gasteiger partial charge in [-0.1, -0.05) is 48.5 Å². The van der Waals surface area contributed by atoms with E-state index in [1.54, 1.807) is 0 Å². The number of amides is 1. The number of rotatable bonds is 6. The smallest absolute Gasteiger partial charge is 0.254 e. The molecule has 0 aliphatic rings. The average molecular weight is 255 g/mol. The van der Waals surface area contributed by atoms with E-state index in [1.807, 2.05) is 60.7 Å². The van der Waals surface area contributed by atoms with Crippen LogP contribution in [0, 0.1) is 0 Å². The number of hydrogen-bond donors (Lipinski definition) is 3. The maximum absolute atomic E-state index is 11.4. The zero-order valence-electron chi connectivity index (χ0n) is 10.5. The third kappa shape index (κ3) is 4.12. The minimum atomic E-state index is -0.595. The molecule has 0 radical (unpaired) electrons. The van der Waals surface area contributed by atoms with E-state index in [0.29, 0.717) is 6.54 Å². The maximum Gasteiger partial charge on any atom is 0.254 e. The highest BCUT2D eigenvalue weighted by atomic mass is 16.1. The van der Waals surface area contributed by atoms with E-state index in [0.717, 1.165) is 11.3 Å². The summed E-state index contributed by atoms with van der Waals surface area (Å²) in [5.41, 5.74) is 7.34. The van der Waals surface area contributed by atoms with Crippen molar-refractivity contribution in [3.63, 3.8) is 0 Å². The Balaban J connectivity index is 1.95. The van der Waals surface area contributed by atoms with Crippen molar-refractivity contribution in [1.82, 2.24) is 5.32 Å². The molecular weight excluding hydrogens is 238 g/mol. The van der Waals surface area contributed by atoms with Crippen molar-refractivity contribution in [2.45, 2.75) is 12.7 Å². The molecule has 1 amide bonds. The summed E-state index contributed by atoms with van der Waals surface area (Å²) < 4.78 is 0. The van der Waals surface area contributed by atoms with E-state index in [-0.39, 0.29) is 0 Å². The van der Waals surface area contributed by atoms with Gasteiger partial charge in [0, 0.05) is 12.2 Å². The van der Waals surface area contributed by atoms with Crippen LogP contribution in [-0.4, -0.2) is 12.1 Å². The topological polar surface area (TPSA) is 67.2 Å². The molecule has 0 aromatic heterocycles. The largest absolute Gasteiger partial charge is 0.367 e. The molecule has 0 aliphatic carbocycles. The van der Waals surface area contributed by atoms with Gasteiger partial charge in [-0.3, -0.25) is 10.1 Å². The summed E-state index contributed by atoms with van der Waals surface area (Å²) in [6.07, 6.45) is -0.595. The molecule has 0 saturated heterocycles. The van der Waals surface area contributed by atoms with Crippen molar-refractivity contribution in [2.24, 2.45) is 5.73 Å². The van der Waals surface area contributed by atoms with Crippen LogP contribution in [0.15, 0.2) is 60.7 Å². The van der Waals surface area contributed by atoms with Crippen LogP contribution in [0.5, 0.6) is 0 Å². The molecular formula is C15H17N3O. The molecule has 0 bridgehead atoms. The first-order chi connectivity index (χ1) is 9.25. The first kappa shape index (κ1) is 13.1. The summed E-state index contributed by atoms with van der Waals surface area (Å²) in [4.78, 5) is 11.4. The van der Waals surface area contributed by atoms with Crippen molar-refractivity contribution < 1.29 is 4.79 Å². The number of anilines is 1. The fourth-order valence-corrected chi connectivity index (χ4v) is 1.74. The average Bonchev–Trinajstić information content (AvgIpc) is 2.45. The minimum absolute atomic E-state index is 0.431. The molecule has 2 rings (SSSR count). The molecule has 0 saturated carbocycles. The first-order valence-electron chi connectivity index (χ1n) is 6.14. The Morgan fingerprint density at radius 3 is 2.16 bits per heavy atom. The normalized spacial score (nSPS) is 11.8. The predicted molar refractivity (Wildman–Crippen MR) is 76.3 cm³/mol. The third-order valence-corrected chi connectivity index (χ3v) is 2.72. The Morgan fingerprint density at radius 2 is 1.58 bits per heavy atom. The Kier molecular flexibility index (Phi) is 4.53. The van der Waals surface area contributed by atoms with Crippen LogP contribution in [0.3, 0.4) is 0 Å². The van der Waals surface area contributed by atoms with Crippen molar-refractivity contribution in [3.8, 4) is 0 Å². The van der Waals surface area contributed by atoms with Gasteiger partial charge in [0.25, 0.3) is 5.91 Å². The van der Waals surface area contributed by atoms with Gasteiger partial charge in [0.2, 0.25) is 0 Å². The lowest BCUT2D eigenvalue weighted by molar-refractivity contribution is -0.119. The lowest BCUT2D eigenvalue weighted by Gasteiger charge is -2.18. The molecule has 4 nitrogen and oxygen atoms in total. The van der Waals surface area contributed by atoms with Crippen LogP contribution in [0.4, 0.5) is 5.69 Å². The quantitative estimate of drug-likeness (QED) is 0.688. The predicted octanol–water partition coefficient (Wildman–Crippen LogP) is 1.70. The Labute approximate surface area is 112 Å². The van der Waals surface area contributed by atoms with Crippen LogP contribution in [0.25, 0.3) is 0 Å². The molecule has 4 N–H and O–H groups in total. The van der Waals surface area contributed by atoms with Crippen LogP contribution >= 0.6 is 0 Å². The second kappa shape index (κ2) is 6.56. The number of nitrogens with two attached hydrogens (primary N) is 1. The van der Waals surface area contributed by atoms with Crippen LogP contribution in [0.1, 0.15) is 5.56 Å². The first-order valence-corrected chi connectivity index (χ1v) is 6.14. The molecule has 4 heteroatoms. The molecule has 98 valence electrons. The third-order valence-electron chi connectivity index (χ3n) is 2.72. The summed E-state index contributed by atoms with van der Waals surface area (Å²) in [6, 6.07) is 19.4. The van der Waals surface area contributed by atoms with E-state index in [9.17, 15) is 4.79 Å². The lowest BCUT2D eigenvalue weighted by atomic mass is 10.2. The Morgan fingerprint density at radius 1 is 1.00 bits per heavy atom. The maximum atomic E-state index is 11.4. The molecule has 2 aromatic rings. The summed E-state index contributed by atoms with van der Waals surface area (Å²) in [7, 11) is 0. The molecule has 0 heterocycles. The summed E-state index contributed by atoms with van der Waals surface area (Å²) in [5, 5.41) is 6.16. The number of carbonyl (C=O) groups excluding carboxylic acids is 1. The fourth-order valence-electron chi connectivity index (χ4n) is 1.74. The van der Waals surface area contributed by atoms with Gasteiger partial charge in [0.05, 0.1) is 0 Å². The van der Waals surface area contributed by atoms with Crippen LogP contribution in [-0.2, 0) is 11.3 Å². The van der Waals surface area contributed by atoms with Crippen LogP contribution in [0.2, 0.25) is 0 Å². The van der Waals surface area contributed by atoms with Gasteiger partial charge in [-0.15, -0.1) is 0 Å². The van der Waals surface area contributed by atoms with E-state index >= 15 is 0 Å². The van der Waals surface area contributed by atoms with Gasteiger partial charge in [0.1, 0.15) is 0 Å². The van der Waals surface area contributed by atoms with Gasteiger partial charge < -0.3 is 11.1 Å². The van der Waals surface area contributed by atoms with Gasteiger partial charge in [-0.2, -0.15) is 0 Å². The van der Waals surface area contributed by atoms with E-state index in [2.05, 4.69) is 10.6 Å². The number of primary amides is 1. The van der Waals surface area contributed by atoms with E-state index in [4.69, 9.17) is 5.73 Å². The number of nitrogens with one attached hydrogen (secondary N) is 2. The lowest BCUT2D eigenvalue weighted by Crippen LogP contribution is -2.46. The number of benzene rings is 2. The fraction of sp³-hybridized carbons (Fsp3) is 0.133. The molecule has 0 spiro atoms. The standard InChI is InChI=1S/C15H17N3O/c16-14(19)15(18-13-9-5-2-6-10-13)17-11-12-7-3-1-4-8-12/h1-10,15,17-18H,11H2,(H2,16,19). The van der Waals surface area contributed by atoms with Crippen molar-refractivity contribution in [3.05, 3.63) is 66.2 Å². The minimum Gasteiger partial charge on any atom is -0.367 e. The highest BCUT2D eigenvalue weighted by Gasteiger charge is 2.13. The monoisotopic (exact) mass is 255 g/mol. The number of para-hydroxylation sites is 1. The molecule has 0 fully saturated rings. The van der Waals surface area contributed by atoms with Crippen molar-refractivity contribution in [2.75, 3.05) is 5.32 Å². The van der Waals surface area contributed by atoms with Crippen LogP contribution < -0.4 is 16.4 Å². The number of carbonyl (C=O) groups is 1. The summed E-state index contributed by atoms with van der Waals surface area (Å²) in [6.45, 7) is 0.578. The highest BCUT2D eigenvalue weighted by Crippen LogP contribution is 2.06. The molecule has 19 heavy (non-hydrogen) atoms. The van der Waals surface area contributed by atoms with Gasteiger partial charge in [-0.25, -0.2) is 0 Å². The van der Waals surface area contributed by atoms with Gasteiger partial charge in [-0.05, 0) is 17.7 Å². The molecule has 1 unspecified atom stereocenters. The van der Waals surface area contributed by atoms with E-state index in [1.165, 1.54) is 0 Å². The second-order valence-corrected chi connectivity index (χ2v) is 4.21. The van der Waals surface area contributed by atoms with Crippen molar-refractivity contribution >= 4 is 11.6 Å².